The lowest BCUT2D eigenvalue weighted by Gasteiger charge is -2.50. The highest BCUT2D eigenvalue weighted by molar-refractivity contribution is 6.32. The van der Waals surface area contributed by atoms with E-state index in [1.165, 1.54) is 31.1 Å². The Morgan fingerprint density at radius 2 is 1.85 bits per heavy atom. The summed E-state index contributed by atoms with van der Waals surface area (Å²) in [5.41, 5.74) is 0.581. The minimum atomic E-state index is -2.52. The fraction of sp³-hybridized carbons (Fsp3) is 0.455. The van der Waals surface area contributed by atoms with Crippen molar-refractivity contribution in [2.24, 2.45) is 17.6 Å². The molecule has 0 saturated heterocycles. The standard InChI is InChI=1S/C22H23ClN2O8.ClH/c1-21(15-10(23)4-5-11(26)13(15)20(31)33-21)8-6-9-16(25(2)3)17(28)14(19(24)30)18(29)22(9,32)12(27)7-8;/h4-5,8-9,16,26,29,32H,6-7H2,1-3H3,(H2,24,30);1H/t8?,9-,16-,21-,22-;/m0./s1. The average Bonchev–Trinajstić information content (AvgIpc) is 2.99. The number of rotatable bonds is 3. The van der Waals surface area contributed by atoms with Gasteiger partial charge in [-0.15, -0.1) is 12.4 Å². The van der Waals surface area contributed by atoms with Crippen molar-refractivity contribution in [3.8, 4) is 5.75 Å². The molecule has 12 heteroatoms. The van der Waals surface area contributed by atoms with Crippen LogP contribution in [-0.4, -0.2) is 69.4 Å². The van der Waals surface area contributed by atoms with E-state index in [9.17, 15) is 34.5 Å². The van der Waals surface area contributed by atoms with Gasteiger partial charge in [0.1, 0.15) is 28.2 Å². The number of ketones is 2. The maximum atomic E-state index is 13.3. The molecule has 3 aliphatic rings. The van der Waals surface area contributed by atoms with Gasteiger partial charge in [-0.25, -0.2) is 4.79 Å². The van der Waals surface area contributed by atoms with Crippen LogP contribution < -0.4 is 5.73 Å². The van der Waals surface area contributed by atoms with E-state index in [1.807, 2.05) is 0 Å². The van der Waals surface area contributed by atoms with Gasteiger partial charge in [0.15, 0.2) is 17.2 Å². The number of nitrogens with zero attached hydrogens (tertiary/aromatic N) is 1. The van der Waals surface area contributed by atoms with Gasteiger partial charge < -0.3 is 25.8 Å². The highest BCUT2D eigenvalue weighted by Gasteiger charge is 2.64. The molecular formula is C22H24Cl2N2O8. The van der Waals surface area contributed by atoms with Gasteiger partial charge in [0.05, 0.1) is 6.04 Å². The first-order chi connectivity index (χ1) is 15.3. The number of nitrogens with two attached hydrogens (primary N) is 1. The highest BCUT2D eigenvalue weighted by atomic mass is 35.5. The van der Waals surface area contributed by atoms with E-state index in [2.05, 4.69) is 0 Å². The molecule has 1 aromatic carbocycles. The Bertz CT molecular complexity index is 1170. The predicted molar refractivity (Wildman–Crippen MR) is 121 cm³/mol. The van der Waals surface area contributed by atoms with E-state index in [0.29, 0.717) is 0 Å². The van der Waals surface area contributed by atoms with Crippen LogP contribution in [0.15, 0.2) is 23.5 Å². The van der Waals surface area contributed by atoms with E-state index in [-0.39, 0.29) is 47.1 Å². The SMILES string of the molecule is CN(C)[C@@H]1C(=O)C(C(N)=O)=C(O)[C@@]2(O)C(=O)CC([C@]3(C)OC(=O)c4c(O)ccc(Cl)c43)C[C@@H]12.Cl. The van der Waals surface area contributed by atoms with Crippen molar-refractivity contribution in [2.75, 3.05) is 14.1 Å². The number of cyclic esters (lactones) is 1. The van der Waals surface area contributed by atoms with Gasteiger partial charge in [-0.05, 0) is 39.6 Å². The number of hydrogen-bond acceptors (Lipinski definition) is 9. The van der Waals surface area contributed by atoms with Crippen LogP contribution in [0, 0.1) is 11.8 Å². The largest absolute Gasteiger partial charge is 0.508 e. The number of aromatic hydroxyl groups is 1. The van der Waals surface area contributed by atoms with Crippen LogP contribution in [0.5, 0.6) is 5.75 Å². The summed E-state index contributed by atoms with van der Waals surface area (Å²) in [6, 6.07) is 1.49. The number of phenols is 1. The number of aliphatic hydroxyl groups is 2. The second-order valence-corrected chi connectivity index (χ2v) is 9.51. The van der Waals surface area contributed by atoms with Crippen LogP contribution in [0.25, 0.3) is 0 Å². The number of phenolic OH excluding ortho intramolecular Hbond substituents is 1. The van der Waals surface area contributed by atoms with E-state index in [0.717, 1.165) is 0 Å². The van der Waals surface area contributed by atoms with Gasteiger partial charge in [0.25, 0.3) is 5.91 Å². The zero-order valence-electron chi connectivity index (χ0n) is 18.5. The molecule has 1 heterocycles. The number of ether oxygens (including phenoxy) is 1. The Hall–Kier alpha value is -2.66. The van der Waals surface area contributed by atoms with Crippen molar-refractivity contribution in [1.29, 1.82) is 0 Å². The molecule has 0 aromatic heterocycles. The first-order valence-electron chi connectivity index (χ1n) is 10.2. The molecule has 0 bridgehead atoms. The van der Waals surface area contributed by atoms with Crippen LogP contribution in [0.1, 0.15) is 35.7 Å². The highest BCUT2D eigenvalue weighted by Crippen LogP contribution is 2.55. The molecule has 4 rings (SSSR count). The molecule has 5 atom stereocenters. The van der Waals surface area contributed by atoms with Crippen LogP contribution in [0.3, 0.4) is 0 Å². The molecule has 184 valence electrons. The van der Waals surface area contributed by atoms with E-state index in [1.54, 1.807) is 6.92 Å². The van der Waals surface area contributed by atoms with Crippen molar-refractivity contribution >= 4 is 47.5 Å². The number of benzene rings is 1. The van der Waals surface area contributed by atoms with E-state index in [4.69, 9.17) is 22.1 Å². The number of halogens is 2. The van der Waals surface area contributed by atoms with Crippen LogP contribution in [-0.2, 0) is 24.7 Å². The molecule has 1 fully saturated rings. The molecule has 0 radical (unpaired) electrons. The number of aliphatic hydroxyl groups excluding tert-OH is 1. The number of carbonyl (C=O) groups excluding carboxylic acids is 4. The Kier molecular flexibility index (Phi) is 6.28. The summed E-state index contributed by atoms with van der Waals surface area (Å²) in [5, 5.41) is 32.4. The fourth-order valence-corrected chi connectivity index (χ4v) is 5.89. The second-order valence-electron chi connectivity index (χ2n) is 9.11. The Morgan fingerprint density at radius 3 is 2.41 bits per heavy atom. The number of amides is 1. The third-order valence-electron chi connectivity index (χ3n) is 7.15. The summed E-state index contributed by atoms with van der Waals surface area (Å²) in [5.74, 6) is -7.08. The molecule has 1 aromatic rings. The van der Waals surface area contributed by atoms with Crippen LogP contribution in [0.4, 0.5) is 0 Å². The number of primary amides is 1. The average molecular weight is 515 g/mol. The number of Topliss-reactive ketones (excluding diaryl/α,β-unsaturated/α-hetero) is 2. The quantitative estimate of drug-likeness (QED) is 0.339. The number of hydrogen-bond donors (Lipinski definition) is 4. The van der Waals surface area contributed by atoms with E-state index >= 15 is 0 Å². The van der Waals surface area contributed by atoms with Gasteiger partial charge in [0, 0.05) is 28.8 Å². The molecule has 1 unspecified atom stereocenters. The van der Waals surface area contributed by atoms with Gasteiger partial charge >= 0.3 is 5.97 Å². The molecule has 5 N–H and O–H groups in total. The Balaban J connectivity index is 0.00000324. The normalized spacial score (nSPS) is 32.8. The summed E-state index contributed by atoms with van der Waals surface area (Å²) < 4.78 is 5.63. The van der Waals surface area contributed by atoms with Crippen molar-refractivity contribution in [2.45, 2.75) is 37.0 Å². The lowest BCUT2D eigenvalue weighted by Crippen LogP contribution is -2.65. The van der Waals surface area contributed by atoms with Gasteiger partial charge in [-0.3, -0.25) is 19.3 Å². The van der Waals surface area contributed by atoms with Crippen molar-refractivity contribution in [1.82, 2.24) is 4.90 Å². The zero-order valence-corrected chi connectivity index (χ0v) is 20.1. The molecule has 1 amide bonds. The number of fused-ring (bicyclic) bond motifs is 2. The lowest BCUT2D eigenvalue weighted by molar-refractivity contribution is -0.166. The number of carbonyl (C=O) groups is 4. The summed E-state index contributed by atoms with van der Waals surface area (Å²) >= 11 is 6.35. The Labute approximate surface area is 205 Å². The minimum absolute atomic E-state index is 0. The number of likely N-dealkylation sites (N-methyl/N-ethyl adjacent to an activating group) is 1. The topological polar surface area (TPSA) is 167 Å². The third-order valence-corrected chi connectivity index (χ3v) is 7.46. The van der Waals surface area contributed by atoms with Crippen LogP contribution >= 0.6 is 24.0 Å². The Morgan fingerprint density at radius 1 is 1.24 bits per heavy atom. The molecular weight excluding hydrogens is 491 g/mol. The molecule has 0 spiro atoms. The fourth-order valence-electron chi connectivity index (χ4n) is 5.54. The van der Waals surface area contributed by atoms with Crippen molar-refractivity contribution in [3.63, 3.8) is 0 Å². The first-order valence-corrected chi connectivity index (χ1v) is 10.6. The smallest absolute Gasteiger partial charge is 0.343 e. The van der Waals surface area contributed by atoms with Crippen LogP contribution in [0.2, 0.25) is 5.02 Å². The maximum Gasteiger partial charge on any atom is 0.343 e. The molecule has 1 saturated carbocycles. The molecule has 34 heavy (non-hydrogen) atoms. The first kappa shape index (κ1) is 26.0. The lowest BCUT2D eigenvalue weighted by atomic mass is 9.58. The third kappa shape index (κ3) is 3.24. The van der Waals surface area contributed by atoms with E-state index < -0.39 is 63.9 Å². The maximum absolute atomic E-state index is 13.3. The summed E-state index contributed by atoms with van der Waals surface area (Å²) in [6.45, 7) is 1.55. The zero-order chi connectivity index (χ0) is 24.6. The minimum Gasteiger partial charge on any atom is -0.508 e. The van der Waals surface area contributed by atoms with Gasteiger partial charge in [0.2, 0.25) is 0 Å². The molecule has 10 nitrogen and oxygen atoms in total. The monoisotopic (exact) mass is 514 g/mol. The summed E-state index contributed by atoms with van der Waals surface area (Å²) in [4.78, 5) is 52.3. The molecule has 2 aliphatic carbocycles. The van der Waals surface area contributed by atoms with Crippen molar-refractivity contribution < 1.29 is 39.2 Å². The summed E-state index contributed by atoms with van der Waals surface area (Å²) in [6.07, 6.45) is -0.422. The van der Waals surface area contributed by atoms with Gasteiger partial charge in [-0.1, -0.05) is 11.6 Å². The summed E-state index contributed by atoms with van der Waals surface area (Å²) in [7, 11) is 3.05. The predicted octanol–water partition coefficient (Wildman–Crippen LogP) is 0.990. The molecule has 1 aliphatic heterocycles. The van der Waals surface area contributed by atoms with Gasteiger partial charge in [-0.2, -0.15) is 0 Å². The second kappa shape index (κ2) is 8.23. The number of esters is 1. The van der Waals surface area contributed by atoms with Crippen molar-refractivity contribution in [3.05, 3.63) is 39.6 Å².